The third-order valence-corrected chi connectivity index (χ3v) is 3.78. The molecular weight excluding hydrogens is 237 g/mol. The van der Waals surface area contributed by atoms with Crippen LogP contribution in [0.4, 0.5) is 10.2 Å². The molecule has 0 radical (unpaired) electrons. The number of aromatic nitrogens is 2. The maximum Gasteiger partial charge on any atom is 0.146 e. The molecule has 0 amide bonds. The van der Waals surface area contributed by atoms with Crippen LogP contribution in [0.3, 0.4) is 0 Å². The SMILES string of the molecule is Cn1nc(N)cc1-c1cc2c(F)cccc2s1. The molecule has 0 spiro atoms. The maximum absolute atomic E-state index is 13.6. The summed E-state index contributed by atoms with van der Waals surface area (Å²) in [6.45, 7) is 0. The summed E-state index contributed by atoms with van der Waals surface area (Å²) in [7, 11) is 1.83. The third kappa shape index (κ3) is 1.59. The van der Waals surface area contributed by atoms with Crippen LogP contribution in [0.2, 0.25) is 0 Å². The molecule has 2 aromatic heterocycles. The quantitative estimate of drug-likeness (QED) is 0.718. The molecule has 0 aliphatic rings. The van der Waals surface area contributed by atoms with Gasteiger partial charge in [-0.2, -0.15) is 5.10 Å². The van der Waals surface area contributed by atoms with Crippen LogP contribution in [-0.2, 0) is 7.05 Å². The summed E-state index contributed by atoms with van der Waals surface area (Å²) in [6.07, 6.45) is 0. The van der Waals surface area contributed by atoms with Crippen molar-refractivity contribution in [3.05, 3.63) is 36.1 Å². The average Bonchev–Trinajstić information content (AvgIpc) is 2.82. The summed E-state index contributed by atoms with van der Waals surface area (Å²) in [5.74, 6) is 0.278. The Bertz CT molecular complexity index is 699. The van der Waals surface area contributed by atoms with Crippen molar-refractivity contribution in [2.24, 2.45) is 7.05 Å². The van der Waals surface area contributed by atoms with Crippen LogP contribution in [0.1, 0.15) is 0 Å². The first kappa shape index (κ1) is 10.3. The zero-order valence-corrected chi connectivity index (χ0v) is 9.96. The Hall–Kier alpha value is -1.88. The van der Waals surface area contributed by atoms with Gasteiger partial charge < -0.3 is 5.73 Å². The summed E-state index contributed by atoms with van der Waals surface area (Å²) in [5.41, 5.74) is 6.55. The third-order valence-electron chi connectivity index (χ3n) is 2.66. The van der Waals surface area contributed by atoms with Gasteiger partial charge in [-0.15, -0.1) is 11.3 Å². The minimum atomic E-state index is -0.194. The second kappa shape index (κ2) is 3.56. The predicted octanol–water partition coefficient (Wildman–Crippen LogP) is 3.02. The molecule has 3 rings (SSSR count). The largest absolute Gasteiger partial charge is 0.382 e. The summed E-state index contributed by atoms with van der Waals surface area (Å²) in [5, 5.41) is 4.73. The van der Waals surface area contributed by atoms with Crippen molar-refractivity contribution in [3.63, 3.8) is 0 Å². The molecule has 86 valence electrons. The Kier molecular flexibility index (Phi) is 2.16. The van der Waals surface area contributed by atoms with Crippen LogP contribution in [0.5, 0.6) is 0 Å². The second-order valence-electron chi connectivity index (χ2n) is 3.84. The highest BCUT2D eigenvalue weighted by Crippen LogP contribution is 2.34. The maximum atomic E-state index is 13.6. The van der Waals surface area contributed by atoms with E-state index in [-0.39, 0.29) is 5.82 Å². The first-order chi connectivity index (χ1) is 8.15. The Morgan fingerprint density at radius 1 is 1.35 bits per heavy atom. The monoisotopic (exact) mass is 247 g/mol. The van der Waals surface area contributed by atoms with E-state index in [4.69, 9.17) is 5.73 Å². The lowest BCUT2D eigenvalue weighted by Crippen LogP contribution is -1.93. The molecule has 5 heteroatoms. The highest BCUT2D eigenvalue weighted by atomic mass is 32.1. The topological polar surface area (TPSA) is 43.8 Å². The van der Waals surface area contributed by atoms with Gasteiger partial charge in [0.05, 0.1) is 10.6 Å². The molecule has 0 saturated carbocycles. The van der Waals surface area contributed by atoms with Crippen molar-refractivity contribution >= 4 is 27.2 Å². The molecule has 0 atom stereocenters. The second-order valence-corrected chi connectivity index (χ2v) is 4.92. The van der Waals surface area contributed by atoms with Crippen molar-refractivity contribution in [2.75, 3.05) is 5.73 Å². The molecule has 0 fully saturated rings. The van der Waals surface area contributed by atoms with Crippen LogP contribution in [0.25, 0.3) is 20.7 Å². The minimum Gasteiger partial charge on any atom is -0.382 e. The van der Waals surface area contributed by atoms with Crippen molar-refractivity contribution < 1.29 is 4.39 Å². The van der Waals surface area contributed by atoms with Crippen molar-refractivity contribution in [1.29, 1.82) is 0 Å². The van der Waals surface area contributed by atoms with E-state index in [9.17, 15) is 4.39 Å². The fourth-order valence-electron chi connectivity index (χ4n) is 1.87. The number of nitrogens with zero attached hydrogens (tertiary/aromatic N) is 2. The Morgan fingerprint density at radius 3 is 2.82 bits per heavy atom. The molecule has 0 aliphatic heterocycles. The first-order valence-electron chi connectivity index (χ1n) is 5.13. The molecule has 0 bridgehead atoms. The van der Waals surface area contributed by atoms with Gasteiger partial charge >= 0.3 is 0 Å². The number of halogens is 1. The summed E-state index contributed by atoms with van der Waals surface area (Å²) in [6, 6.07) is 8.73. The fourth-order valence-corrected chi connectivity index (χ4v) is 2.99. The van der Waals surface area contributed by atoms with Gasteiger partial charge in [-0.25, -0.2) is 4.39 Å². The van der Waals surface area contributed by atoms with E-state index in [1.54, 1.807) is 16.8 Å². The van der Waals surface area contributed by atoms with E-state index in [0.717, 1.165) is 15.3 Å². The number of benzene rings is 1. The molecule has 0 unspecified atom stereocenters. The number of aryl methyl sites for hydroxylation is 1. The van der Waals surface area contributed by atoms with Crippen molar-refractivity contribution in [1.82, 2.24) is 9.78 Å². The van der Waals surface area contributed by atoms with E-state index >= 15 is 0 Å². The molecule has 3 nitrogen and oxygen atoms in total. The fraction of sp³-hybridized carbons (Fsp3) is 0.0833. The van der Waals surface area contributed by atoms with Gasteiger partial charge in [0.2, 0.25) is 0 Å². The number of hydrogen-bond acceptors (Lipinski definition) is 3. The summed E-state index contributed by atoms with van der Waals surface area (Å²) < 4.78 is 16.2. The zero-order chi connectivity index (χ0) is 12.0. The van der Waals surface area contributed by atoms with Crippen LogP contribution in [0.15, 0.2) is 30.3 Å². The van der Waals surface area contributed by atoms with Crippen LogP contribution >= 0.6 is 11.3 Å². The van der Waals surface area contributed by atoms with E-state index in [1.165, 1.54) is 17.4 Å². The lowest BCUT2D eigenvalue weighted by Gasteiger charge is -1.95. The first-order valence-corrected chi connectivity index (χ1v) is 5.95. The molecule has 17 heavy (non-hydrogen) atoms. The Morgan fingerprint density at radius 2 is 2.18 bits per heavy atom. The number of thiophene rings is 1. The van der Waals surface area contributed by atoms with Crippen LogP contribution in [-0.4, -0.2) is 9.78 Å². The molecule has 3 aromatic rings. The zero-order valence-electron chi connectivity index (χ0n) is 9.14. The van der Waals surface area contributed by atoms with E-state index in [0.29, 0.717) is 11.2 Å². The number of nitrogen functional groups attached to an aromatic ring is 1. The summed E-state index contributed by atoms with van der Waals surface area (Å²) >= 11 is 1.54. The highest BCUT2D eigenvalue weighted by molar-refractivity contribution is 7.22. The van der Waals surface area contributed by atoms with Gasteiger partial charge in [0, 0.05) is 23.2 Å². The van der Waals surface area contributed by atoms with Gasteiger partial charge in [0.1, 0.15) is 11.6 Å². The van der Waals surface area contributed by atoms with Gasteiger partial charge in [-0.3, -0.25) is 4.68 Å². The average molecular weight is 247 g/mol. The van der Waals surface area contributed by atoms with Crippen molar-refractivity contribution in [2.45, 2.75) is 0 Å². The van der Waals surface area contributed by atoms with Crippen LogP contribution < -0.4 is 5.73 Å². The molecule has 1 aromatic carbocycles. The van der Waals surface area contributed by atoms with E-state index < -0.39 is 0 Å². The van der Waals surface area contributed by atoms with E-state index in [2.05, 4.69) is 5.10 Å². The smallest absolute Gasteiger partial charge is 0.146 e. The van der Waals surface area contributed by atoms with Crippen LogP contribution in [0, 0.1) is 5.82 Å². The number of nitrogens with two attached hydrogens (primary N) is 1. The highest BCUT2D eigenvalue weighted by Gasteiger charge is 2.11. The lowest BCUT2D eigenvalue weighted by molar-refractivity contribution is 0.640. The van der Waals surface area contributed by atoms with Gasteiger partial charge in [-0.1, -0.05) is 6.07 Å². The summed E-state index contributed by atoms with van der Waals surface area (Å²) in [4.78, 5) is 0.969. The standard InChI is InChI=1S/C12H10FN3S/c1-16-9(6-12(14)15-16)11-5-7-8(13)3-2-4-10(7)17-11/h2-6H,1H3,(H2,14,15). The number of anilines is 1. The van der Waals surface area contributed by atoms with Gasteiger partial charge in [0.25, 0.3) is 0 Å². The number of rotatable bonds is 1. The minimum absolute atomic E-state index is 0.194. The molecular formula is C12H10FN3S. The molecule has 2 heterocycles. The van der Waals surface area contributed by atoms with E-state index in [1.807, 2.05) is 19.2 Å². The predicted molar refractivity (Wildman–Crippen MR) is 68.4 cm³/mol. The lowest BCUT2D eigenvalue weighted by atomic mass is 10.2. The van der Waals surface area contributed by atoms with Gasteiger partial charge in [0.15, 0.2) is 0 Å². The number of hydrogen-bond donors (Lipinski definition) is 1. The Balaban J connectivity index is 2.25. The van der Waals surface area contributed by atoms with Gasteiger partial charge in [-0.05, 0) is 18.2 Å². The molecule has 0 aliphatic carbocycles. The van der Waals surface area contributed by atoms with Crippen molar-refractivity contribution in [3.8, 4) is 10.6 Å². The molecule has 2 N–H and O–H groups in total. The normalized spacial score (nSPS) is 11.2. The number of fused-ring (bicyclic) bond motifs is 1. The molecule has 0 saturated heterocycles. The Labute approximate surface area is 101 Å².